The fourth-order valence-electron chi connectivity index (χ4n) is 4.39. The van der Waals surface area contributed by atoms with Crippen molar-refractivity contribution in [2.24, 2.45) is 0 Å². The van der Waals surface area contributed by atoms with Gasteiger partial charge in [0.2, 0.25) is 11.8 Å². The molecule has 10 heteroatoms. The van der Waals surface area contributed by atoms with Crippen molar-refractivity contribution in [2.45, 2.75) is 23.9 Å². The Morgan fingerprint density at radius 2 is 1.44 bits per heavy atom. The van der Waals surface area contributed by atoms with E-state index in [0.29, 0.717) is 10.6 Å². The number of carbonyl (C=O) groups excluding carboxylic acids is 2. The van der Waals surface area contributed by atoms with Crippen molar-refractivity contribution < 1.29 is 22.4 Å². The summed E-state index contributed by atoms with van der Waals surface area (Å²) in [6.07, 6.45) is 0.179. The Morgan fingerprint density at radius 1 is 0.854 bits per heavy atom. The Bertz CT molecular complexity index is 1590. The number of rotatable bonds is 11. The zero-order valence-electron chi connectivity index (χ0n) is 22.3. The van der Waals surface area contributed by atoms with Crippen LogP contribution in [0.25, 0.3) is 0 Å². The Morgan fingerprint density at radius 3 is 2.05 bits per heavy atom. The highest BCUT2D eigenvalue weighted by molar-refractivity contribution is 7.92. The molecule has 0 aliphatic carbocycles. The number of halogens is 2. The van der Waals surface area contributed by atoms with Crippen LogP contribution in [-0.2, 0) is 32.6 Å². The van der Waals surface area contributed by atoms with Gasteiger partial charge in [-0.2, -0.15) is 0 Å². The van der Waals surface area contributed by atoms with E-state index in [9.17, 15) is 22.4 Å². The van der Waals surface area contributed by atoms with Gasteiger partial charge >= 0.3 is 0 Å². The number of nitrogens with one attached hydrogen (secondary N) is 1. The summed E-state index contributed by atoms with van der Waals surface area (Å²) in [5.74, 6) is -1.62. The van der Waals surface area contributed by atoms with Crippen molar-refractivity contribution in [2.75, 3.05) is 17.9 Å². The van der Waals surface area contributed by atoms with Crippen LogP contribution in [0.15, 0.2) is 114 Å². The molecule has 4 rings (SSSR count). The van der Waals surface area contributed by atoms with E-state index >= 15 is 0 Å². The van der Waals surface area contributed by atoms with Crippen LogP contribution in [0.2, 0.25) is 5.02 Å². The summed E-state index contributed by atoms with van der Waals surface area (Å²) >= 11 is 6.44. The maximum Gasteiger partial charge on any atom is 0.264 e. The van der Waals surface area contributed by atoms with E-state index < -0.39 is 40.2 Å². The van der Waals surface area contributed by atoms with Crippen LogP contribution >= 0.6 is 11.6 Å². The average Bonchev–Trinajstić information content (AvgIpc) is 2.99. The molecule has 41 heavy (non-hydrogen) atoms. The molecule has 0 aromatic heterocycles. The lowest BCUT2D eigenvalue weighted by Crippen LogP contribution is -2.53. The van der Waals surface area contributed by atoms with Crippen LogP contribution in [0.4, 0.5) is 10.1 Å². The van der Waals surface area contributed by atoms with Crippen LogP contribution in [-0.4, -0.2) is 44.8 Å². The summed E-state index contributed by atoms with van der Waals surface area (Å²) in [6, 6.07) is 27.6. The summed E-state index contributed by atoms with van der Waals surface area (Å²) in [6.45, 7) is -0.693. The van der Waals surface area contributed by atoms with E-state index in [1.54, 1.807) is 42.5 Å². The maximum atomic E-state index is 14.2. The van der Waals surface area contributed by atoms with Gasteiger partial charge in [-0.15, -0.1) is 0 Å². The second kappa shape index (κ2) is 13.4. The van der Waals surface area contributed by atoms with E-state index in [0.717, 1.165) is 22.0 Å². The van der Waals surface area contributed by atoms with Gasteiger partial charge in [-0.25, -0.2) is 12.8 Å². The van der Waals surface area contributed by atoms with Crippen molar-refractivity contribution in [3.05, 3.63) is 131 Å². The molecule has 1 atom stereocenters. The molecule has 7 nitrogen and oxygen atoms in total. The molecule has 212 valence electrons. The smallest absolute Gasteiger partial charge is 0.264 e. The standard InChI is InChI=1S/C31H29ClFN3O4S/c1-34-31(38)29(20-23-10-4-2-5-11-23)35(21-24-12-8-9-15-28(24)32)30(37)22-36(26-18-16-25(33)17-19-26)41(39,40)27-13-6-3-7-14-27/h2-19,29H,20-22H2,1H3,(H,34,38)/t29-/m1/s1. The topological polar surface area (TPSA) is 86.8 Å². The molecule has 0 aliphatic rings. The Labute approximate surface area is 244 Å². The Balaban J connectivity index is 1.78. The van der Waals surface area contributed by atoms with Crippen molar-refractivity contribution in [3.63, 3.8) is 0 Å². The van der Waals surface area contributed by atoms with Crippen LogP contribution < -0.4 is 9.62 Å². The van der Waals surface area contributed by atoms with E-state index in [-0.39, 0.29) is 23.5 Å². The van der Waals surface area contributed by atoms with Gasteiger partial charge in [0.15, 0.2) is 0 Å². The molecule has 0 bridgehead atoms. The lowest BCUT2D eigenvalue weighted by atomic mass is 10.0. The van der Waals surface area contributed by atoms with Crippen molar-refractivity contribution in [1.82, 2.24) is 10.2 Å². The number of benzene rings is 4. The summed E-state index contributed by atoms with van der Waals surface area (Å²) in [5, 5.41) is 3.03. The molecule has 2 amide bonds. The third-order valence-electron chi connectivity index (χ3n) is 6.54. The molecule has 0 fully saturated rings. The van der Waals surface area contributed by atoms with E-state index in [1.807, 2.05) is 30.3 Å². The molecule has 0 radical (unpaired) electrons. The van der Waals surface area contributed by atoms with Crippen LogP contribution in [0, 0.1) is 5.82 Å². The Hall–Kier alpha value is -4.21. The van der Waals surface area contributed by atoms with Gasteiger partial charge in [0.25, 0.3) is 10.0 Å². The molecule has 0 aliphatic heterocycles. The molecular formula is C31H29ClFN3O4S. The third kappa shape index (κ3) is 7.31. The van der Waals surface area contributed by atoms with Gasteiger partial charge in [0, 0.05) is 25.0 Å². The number of amides is 2. The van der Waals surface area contributed by atoms with Crippen molar-refractivity contribution >= 4 is 39.1 Å². The molecule has 0 unspecified atom stereocenters. The second-order valence-electron chi connectivity index (χ2n) is 9.23. The fourth-order valence-corrected chi connectivity index (χ4v) is 6.02. The van der Waals surface area contributed by atoms with Crippen LogP contribution in [0.3, 0.4) is 0 Å². The first-order chi connectivity index (χ1) is 19.7. The van der Waals surface area contributed by atoms with Gasteiger partial charge in [-0.05, 0) is 53.6 Å². The highest BCUT2D eigenvalue weighted by atomic mass is 35.5. The minimum atomic E-state index is -4.25. The van der Waals surface area contributed by atoms with Crippen molar-refractivity contribution in [3.8, 4) is 0 Å². The van der Waals surface area contributed by atoms with Crippen molar-refractivity contribution in [1.29, 1.82) is 0 Å². The molecule has 1 N–H and O–H groups in total. The predicted molar refractivity (Wildman–Crippen MR) is 157 cm³/mol. The number of nitrogens with zero attached hydrogens (tertiary/aromatic N) is 2. The van der Waals surface area contributed by atoms with Gasteiger partial charge in [0.1, 0.15) is 18.4 Å². The molecule has 0 saturated heterocycles. The SMILES string of the molecule is CNC(=O)[C@@H](Cc1ccccc1)N(Cc1ccccc1Cl)C(=O)CN(c1ccc(F)cc1)S(=O)(=O)c1ccccc1. The number of likely N-dealkylation sites (N-methyl/N-ethyl adjacent to an activating group) is 1. The molecule has 4 aromatic rings. The fraction of sp³-hybridized carbons (Fsp3) is 0.161. The van der Waals surface area contributed by atoms with Gasteiger partial charge in [-0.3, -0.25) is 13.9 Å². The number of sulfonamides is 1. The van der Waals surface area contributed by atoms with Gasteiger partial charge in [-0.1, -0.05) is 78.3 Å². The number of hydrogen-bond acceptors (Lipinski definition) is 4. The van der Waals surface area contributed by atoms with Crippen LogP contribution in [0.1, 0.15) is 11.1 Å². The first kappa shape index (κ1) is 29.8. The largest absolute Gasteiger partial charge is 0.357 e. The first-order valence-corrected chi connectivity index (χ1v) is 14.6. The number of hydrogen-bond donors (Lipinski definition) is 1. The summed E-state index contributed by atoms with van der Waals surface area (Å²) in [4.78, 5) is 28.7. The predicted octanol–water partition coefficient (Wildman–Crippen LogP) is 5.06. The highest BCUT2D eigenvalue weighted by Gasteiger charge is 2.34. The monoisotopic (exact) mass is 593 g/mol. The van der Waals surface area contributed by atoms with Crippen LogP contribution in [0.5, 0.6) is 0 Å². The quantitative estimate of drug-likeness (QED) is 0.263. The first-order valence-electron chi connectivity index (χ1n) is 12.8. The summed E-state index contributed by atoms with van der Waals surface area (Å²) in [7, 11) is -2.77. The highest BCUT2D eigenvalue weighted by Crippen LogP contribution is 2.26. The van der Waals surface area contributed by atoms with Gasteiger partial charge in [0.05, 0.1) is 10.6 Å². The lowest BCUT2D eigenvalue weighted by molar-refractivity contribution is -0.139. The Kier molecular flexibility index (Phi) is 9.75. The summed E-state index contributed by atoms with van der Waals surface area (Å²) in [5.41, 5.74) is 1.50. The summed E-state index contributed by atoms with van der Waals surface area (Å²) < 4.78 is 42.3. The van der Waals surface area contributed by atoms with Gasteiger partial charge < -0.3 is 10.2 Å². The lowest BCUT2D eigenvalue weighted by Gasteiger charge is -2.33. The second-order valence-corrected chi connectivity index (χ2v) is 11.5. The zero-order valence-corrected chi connectivity index (χ0v) is 23.9. The number of carbonyl (C=O) groups is 2. The normalized spacial score (nSPS) is 11.9. The van der Waals surface area contributed by atoms with E-state index in [2.05, 4.69) is 5.32 Å². The average molecular weight is 594 g/mol. The molecule has 0 heterocycles. The minimum absolute atomic E-state index is 0.0399. The number of anilines is 1. The van der Waals surface area contributed by atoms with E-state index in [1.165, 1.54) is 36.2 Å². The molecule has 0 saturated carbocycles. The minimum Gasteiger partial charge on any atom is -0.357 e. The third-order valence-corrected chi connectivity index (χ3v) is 8.70. The molecular weight excluding hydrogens is 565 g/mol. The molecule has 0 spiro atoms. The molecule has 4 aromatic carbocycles. The maximum absolute atomic E-state index is 14.2. The zero-order chi connectivity index (χ0) is 29.4. The van der Waals surface area contributed by atoms with E-state index in [4.69, 9.17) is 11.6 Å².